The summed E-state index contributed by atoms with van der Waals surface area (Å²) >= 11 is 0. The van der Waals surface area contributed by atoms with Gasteiger partial charge < -0.3 is 15.5 Å². The number of oxime groups is 1. The van der Waals surface area contributed by atoms with E-state index >= 15 is 0 Å². The van der Waals surface area contributed by atoms with Crippen molar-refractivity contribution in [3.63, 3.8) is 0 Å². The van der Waals surface area contributed by atoms with Gasteiger partial charge in [0.25, 0.3) is 0 Å². The standard InChI is InChI=1S/C13H16N4O/c1-9-5-10(2)7-11(6-9)8-17-4-3-15-13(17)12(14)16-18/h3-7,18H,8H2,1-2H3,(H2,14,16). The van der Waals surface area contributed by atoms with E-state index in [-0.39, 0.29) is 5.84 Å². The molecule has 3 N–H and O–H groups in total. The van der Waals surface area contributed by atoms with Crippen LogP contribution in [0.25, 0.3) is 0 Å². The van der Waals surface area contributed by atoms with Gasteiger partial charge in [-0.2, -0.15) is 0 Å². The van der Waals surface area contributed by atoms with Gasteiger partial charge in [0.1, 0.15) is 0 Å². The molecule has 1 heterocycles. The third kappa shape index (κ3) is 2.51. The molecule has 94 valence electrons. The fourth-order valence-corrected chi connectivity index (χ4v) is 2.07. The van der Waals surface area contributed by atoms with Gasteiger partial charge >= 0.3 is 0 Å². The largest absolute Gasteiger partial charge is 0.409 e. The molecule has 0 spiro atoms. The van der Waals surface area contributed by atoms with Crippen LogP contribution in [0.5, 0.6) is 0 Å². The van der Waals surface area contributed by atoms with E-state index in [2.05, 4.69) is 42.2 Å². The number of benzene rings is 1. The lowest BCUT2D eigenvalue weighted by Crippen LogP contribution is -2.19. The molecule has 0 unspecified atom stereocenters. The molecule has 1 aromatic heterocycles. The number of aromatic nitrogens is 2. The van der Waals surface area contributed by atoms with Crippen LogP contribution in [0, 0.1) is 13.8 Å². The molecule has 5 nitrogen and oxygen atoms in total. The van der Waals surface area contributed by atoms with Crippen LogP contribution in [-0.4, -0.2) is 20.6 Å². The van der Waals surface area contributed by atoms with Gasteiger partial charge in [0.2, 0.25) is 5.84 Å². The molecule has 0 atom stereocenters. The van der Waals surface area contributed by atoms with Gasteiger partial charge in [-0.25, -0.2) is 4.98 Å². The minimum absolute atomic E-state index is 0.0179. The first-order valence-corrected chi connectivity index (χ1v) is 5.66. The molecule has 0 aliphatic rings. The molecule has 0 radical (unpaired) electrons. The lowest BCUT2D eigenvalue weighted by atomic mass is 10.1. The van der Waals surface area contributed by atoms with Crippen LogP contribution in [0.2, 0.25) is 0 Å². The van der Waals surface area contributed by atoms with E-state index in [1.165, 1.54) is 11.1 Å². The Labute approximate surface area is 106 Å². The first-order valence-electron chi connectivity index (χ1n) is 5.66. The van der Waals surface area contributed by atoms with Crippen LogP contribution in [0.1, 0.15) is 22.5 Å². The van der Waals surface area contributed by atoms with Crippen molar-refractivity contribution in [1.29, 1.82) is 0 Å². The minimum atomic E-state index is 0.0179. The first-order chi connectivity index (χ1) is 8.60. The SMILES string of the molecule is Cc1cc(C)cc(Cn2ccnc2C(N)=NO)c1. The minimum Gasteiger partial charge on any atom is -0.409 e. The molecule has 0 fully saturated rings. The van der Waals surface area contributed by atoms with E-state index in [1.54, 1.807) is 6.20 Å². The number of hydrogen-bond acceptors (Lipinski definition) is 3. The van der Waals surface area contributed by atoms with Crippen molar-refractivity contribution in [2.45, 2.75) is 20.4 Å². The fraction of sp³-hybridized carbons (Fsp3) is 0.231. The Morgan fingerprint density at radius 1 is 1.33 bits per heavy atom. The highest BCUT2D eigenvalue weighted by Gasteiger charge is 2.08. The number of rotatable bonds is 3. The van der Waals surface area contributed by atoms with Gasteiger partial charge in [0.05, 0.1) is 0 Å². The predicted molar refractivity (Wildman–Crippen MR) is 69.8 cm³/mol. The normalized spacial score (nSPS) is 11.8. The van der Waals surface area contributed by atoms with Crippen molar-refractivity contribution in [1.82, 2.24) is 9.55 Å². The van der Waals surface area contributed by atoms with Gasteiger partial charge in [-0.1, -0.05) is 34.5 Å². The van der Waals surface area contributed by atoms with Crippen LogP contribution in [0.15, 0.2) is 35.7 Å². The number of amidine groups is 1. The van der Waals surface area contributed by atoms with Crippen LogP contribution >= 0.6 is 0 Å². The average molecular weight is 244 g/mol. The summed E-state index contributed by atoms with van der Waals surface area (Å²) < 4.78 is 1.85. The summed E-state index contributed by atoms with van der Waals surface area (Å²) in [7, 11) is 0. The second kappa shape index (κ2) is 4.91. The number of aryl methyl sites for hydroxylation is 2. The van der Waals surface area contributed by atoms with Crippen LogP contribution in [0.4, 0.5) is 0 Å². The summed E-state index contributed by atoms with van der Waals surface area (Å²) in [5.41, 5.74) is 9.17. The maximum absolute atomic E-state index is 8.69. The maximum Gasteiger partial charge on any atom is 0.206 e. The van der Waals surface area contributed by atoms with Crippen molar-refractivity contribution < 1.29 is 5.21 Å². The summed E-state index contributed by atoms with van der Waals surface area (Å²) in [4.78, 5) is 4.08. The summed E-state index contributed by atoms with van der Waals surface area (Å²) in [5, 5.41) is 11.7. The Kier molecular flexibility index (Phi) is 3.32. The summed E-state index contributed by atoms with van der Waals surface area (Å²) in [5.74, 6) is 0.487. The Bertz CT molecular complexity index is 566. The molecular weight excluding hydrogens is 228 g/mol. The van der Waals surface area contributed by atoms with Crippen molar-refractivity contribution >= 4 is 5.84 Å². The fourth-order valence-electron chi connectivity index (χ4n) is 2.07. The van der Waals surface area contributed by atoms with Crippen molar-refractivity contribution in [3.8, 4) is 0 Å². The van der Waals surface area contributed by atoms with Crippen LogP contribution in [0.3, 0.4) is 0 Å². The molecule has 5 heteroatoms. The zero-order chi connectivity index (χ0) is 13.1. The van der Waals surface area contributed by atoms with Gasteiger partial charge in [0.15, 0.2) is 5.82 Å². The van der Waals surface area contributed by atoms with E-state index in [9.17, 15) is 0 Å². The lowest BCUT2D eigenvalue weighted by Gasteiger charge is -2.08. The third-order valence-electron chi connectivity index (χ3n) is 2.69. The molecule has 0 aliphatic carbocycles. The second-order valence-corrected chi connectivity index (χ2v) is 4.36. The van der Waals surface area contributed by atoms with E-state index in [4.69, 9.17) is 10.9 Å². The van der Waals surface area contributed by atoms with Gasteiger partial charge in [-0.15, -0.1) is 0 Å². The highest BCUT2D eigenvalue weighted by Crippen LogP contribution is 2.11. The molecule has 0 amide bonds. The Morgan fingerprint density at radius 2 is 2.00 bits per heavy atom. The number of nitrogens with zero attached hydrogens (tertiary/aromatic N) is 3. The third-order valence-corrected chi connectivity index (χ3v) is 2.69. The molecule has 0 saturated heterocycles. The number of imidazole rings is 1. The highest BCUT2D eigenvalue weighted by molar-refractivity contribution is 5.93. The Balaban J connectivity index is 2.32. The van der Waals surface area contributed by atoms with Crippen molar-refractivity contribution in [2.75, 3.05) is 0 Å². The average Bonchev–Trinajstić information content (AvgIpc) is 2.74. The summed E-state index contributed by atoms with van der Waals surface area (Å²) in [6.45, 7) is 4.78. The predicted octanol–water partition coefficient (Wildman–Crippen LogP) is 1.64. The highest BCUT2D eigenvalue weighted by atomic mass is 16.4. The topological polar surface area (TPSA) is 76.4 Å². The molecule has 0 saturated carbocycles. The van der Waals surface area contributed by atoms with Crippen molar-refractivity contribution in [3.05, 3.63) is 53.1 Å². The lowest BCUT2D eigenvalue weighted by molar-refractivity contribution is 0.318. The van der Waals surface area contributed by atoms with Gasteiger partial charge in [-0.05, 0) is 19.4 Å². The zero-order valence-corrected chi connectivity index (χ0v) is 10.5. The molecule has 1 aromatic carbocycles. The molecule has 0 aliphatic heterocycles. The smallest absolute Gasteiger partial charge is 0.206 e. The molecule has 2 rings (SSSR count). The van der Waals surface area contributed by atoms with Crippen molar-refractivity contribution in [2.24, 2.45) is 10.9 Å². The van der Waals surface area contributed by atoms with E-state index in [1.807, 2.05) is 10.8 Å². The second-order valence-electron chi connectivity index (χ2n) is 4.36. The summed E-state index contributed by atoms with van der Waals surface area (Å²) in [6, 6.07) is 6.36. The Morgan fingerprint density at radius 3 is 2.61 bits per heavy atom. The number of hydrogen-bond donors (Lipinski definition) is 2. The summed E-state index contributed by atoms with van der Waals surface area (Å²) in [6.07, 6.45) is 3.45. The molecule has 0 bridgehead atoms. The molecule has 18 heavy (non-hydrogen) atoms. The molecular formula is C13H16N4O. The molecule has 2 aromatic rings. The number of nitrogens with two attached hydrogens (primary N) is 1. The van der Waals surface area contributed by atoms with E-state index in [0.29, 0.717) is 12.4 Å². The monoisotopic (exact) mass is 244 g/mol. The van der Waals surface area contributed by atoms with Crippen LogP contribution < -0.4 is 5.73 Å². The first kappa shape index (κ1) is 12.2. The van der Waals surface area contributed by atoms with E-state index in [0.717, 1.165) is 5.56 Å². The zero-order valence-electron chi connectivity index (χ0n) is 10.5. The van der Waals surface area contributed by atoms with Crippen LogP contribution in [-0.2, 0) is 6.54 Å². The van der Waals surface area contributed by atoms with Gasteiger partial charge in [0, 0.05) is 18.9 Å². The van der Waals surface area contributed by atoms with Gasteiger partial charge in [-0.3, -0.25) is 0 Å². The van der Waals surface area contributed by atoms with E-state index < -0.39 is 0 Å². The quantitative estimate of drug-likeness (QED) is 0.373. The Hall–Kier alpha value is -2.30. The maximum atomic E-state index is 8.69.